The maximum Gasteiger partial charge on any atom is 0.193 e. The van der Waals surface area contributed by atoms with Gasteiger partial charge in [-0.15, -0.1) is 0 Å². The Hall–Kier alpha value is -2.07. The number of halogens is 1. The normalized spacial score (nSPS) is 10.9. The molecule has 0 aliphatic heterocycles. The van der Waals surface area contributed by atoms with Gasteiger partial charge in [0.25, 0.3) is 0 Å². The third-order valence-corrected chi connectivity index (χ3v) is 3.69. The van der Waals surface area contributed by atoms with Crippen LogP contribution in [0.15, 0.2) is 56.1 Å². The fraction of sp³-hybridized carbons (Fsp3) is 0.0625. The van der Waals surface area contributed by atoms with Gasteiger partial charge < -0.3 is 9.52 Å². The molecule has 0 aliphatic rings. The van der Waals surface area contributed by atoms with Crippen molar-refractivity contribution in [2.24, 2.45) is 0 Å². The third-order valence-electron chi connectivity index (χ3n) is 3.10. The zero-order chi connectivity index (χ0) is 14.3. The molecule has 0 radical (unpaired) electrons. The first-order valence-corrected chi connectivity index (χ1v) is 6.88. The number of aryl methyl sites for hydroxylation is 1. The van der Waals surface area contributed by atoms with Crippen molar-refractivity contribution in [3.05, 3.63) is 62.7 Å². The molecule has 3 aromatic rings. The molecule has 0 unspecified atom stereocenters. The second-order valence-corrected chi connectivity index (χ2v) is 5.47. The molecule has 0 saturated heterocycles. The number of hydrogen-bond donors (Lipinski definition) is 1. The predicted octanol–water partition coefficient (Wildman–Crippen LogP) is 4.24. The van der Waals surface area contributed by atoms with Gasteiger partial charge in [-0.05, 0) is 52.7 Å². The van der Waals surface area contributed by atoms with Gasteiger partial charge in [0.1, 0.15) is 11.5 Å². The average Bonchev–Trinajstić information content (AvgIpc) is 2.40. The zero-order valence-electron chi connectivity index (χ0n) is 10.7. The van der Waals surface area contributed by atoms with E-state index in [1.54, 1.807) is 30.3 Å². The Morgan fingerprint density at radius 1 is 1.15 bits per heavy atom. The van der Waals surface area contributed by atoms with Gasteiger partial charge in [0, 0.05) is 6.07 Å². The minimum atomic E-state index is -0.131. The van der Waals surface area contributed by atoms with Crippen molar-refractivity contribution >= 4 is 26.9 Å². The number of fused-ring (bicyclic) bond motifs is 1. The smallest absolute Gasteiger partial charge is 0.193 e. The summed E-state index contributed by atoms with van der Waals surface area (Å²) in [5, 5.41) is 10.4. The van der Waals surface area contributed by atoms with E-state index in [0.29, 0.717) is 22.3 Å². The fourth-order valence-electron chi connectivity index (χ4n) is 2.17. The second-order valence-electron chi connectivity index (χ2n) is 4.62. The lowest BCUT2D eigenvalue weighted by Crippen LogP contribution is -2.01. The van der Waals surface area contributed by atoms with E-state index in [4.69, 9.17) is 4.42 Å². The van der Waals surface area contributed by atoms with Gasteiger partial charge in [0.2, 0.25) is 0 Å². The Bertz CT molecular complexity index is 865. The molecule has 1 heterocycles. The maximum atomic E-state index is 12.2. The van der Waals surface area contributed by atoms with E-state index in [1.165, 1.54) is 6.07 Å². The second kappa shape index (κ2) is 4.80. The Kier molecular flexibility index (Phi) is 3.10. The molecule has 0 spiro atoms. The molecule has 3 nitrogen and oxygen atoms in total. The van der Waals surface area contributed by atoms with E-state index in [9.17, 15) is 9.90 Å². The molecule has 0 amide bonds. The SMILES string of the molecule is Cc1cc(Br)c2oc(-c3ccccc3O)cc(=O)c2c1. The number of aromatic hydroxyl groups is 1. The van der Waals surface area contributed by atoms with Crippen molar-refractivity contribution in [1.82, 2.24) is 0 Å². The monoisotopic (exact) mass is 330 g/mol. The summed E-state index contributed by atoms with van der Waals surface area (Å²) in [7, 11) is 0. The van der Waals surface area contributed by atoms with Gasteiger partial charge in [0.15, 0.2) is 11.0 Å². The van der Waals surface area contributed by atoms with Gasteiger partial charge in [0.05, 0.1) is 15.4 Å². The minimum Gasteiger partial charge on any atom is -0.507 e. The standard InChI is InChI=1S/C16H11BrO3/c1-9-6-11-14(19)8-15(20-16(11)12(17)7-9)10-4-2-3-5-13(10)18/h2-8,18H,1H3. The molecule has 3 rings (SSSR count). The van der Waals surface area contributed by atoms with Crippen molar-refractivity contribution in [3.8, 4) is 17.1 Å². The highest BCUT2D eigenvalue weighted by Crippen LogP contribution is 2.32. The van der Waals surface area contributed by atoms with E-state index in [1.807, 2.05) is 13.0 Å². The molecular weight excluding hydrogens is 320 g/mol. The Labute approximate surface area is 123 Å². The predicted molar refractivity (Wildman–Crippen MR) is 82.0 cm³/mol. The van der Waals surface area contributed by atoms with Crippen LogP contribution < -0.4 is 5.43 Å². The van der Waals surface area contributed by atoms with Crippen LogP contribution in [-0.2, 0) is 0 Å². The molecule has 0 atom stereocenters. The Morgan fingerprint density at radius 2 is 1.90 bits per heavy atom. The van der Waals surface area contributed by atoms with Crippen LogP contribution in [0.5, 0.6) is 5.75 Å². The first-order valence-electron chi connectivity index (χ1n) is 6.08. The summed E-state index contributed by atoms with van der Waals surface area (Å²) in [6, 6.07) is 11.9. The van der Waals surface area contributed by atoms with E-state index in [-0.39, 0.29) is 11.2 Å². The molecule has 0 fully saturated rings. The van der Waals surface area contributed by atoms with E-state index in [0.717, 1.165) is 10.0 Å². The molecule has 4 heteroatoms. The van der Waals surface area contributed by atoms with Crippen LogP contribution in [0.4, 0.5) is 0 Å². The van der Waals surface area contributed by atoms with E-state index >= 15 is 0 Å². The lowest BCUT2D eigenvalue weighted by molar-refractivity contribution is 0.474. The summed E-state index contributed by atoms with van der Waals surface area (Å²) in [5.74, 6) is 0.434. The Morgan fingerprint density at radius 3 is 2.65 bits per heavy atom. The number of para-hydroxylation sites is 1. The highest BCUT2D eigenvalue weighted by atomic mass is 79.9. The third kappa shape index (κ3) is 2.12. The van der Waals surface area contributed by atoms with Crippen molar-refractivity contribution < 1.29 is 9.52 Å². The van der Waals surface area contributed by atoms with Crippen LogP contribution in [0.3, 0.4) is 0 Å². The largest absolute Gasteiger partial charge is 0.507 e. The molecule has 0 bridgehead atoms. The molecule has 2 aromatic carbocycles. The molecule has 1 aromatic heterocycles. The number of rotatable bonds is 1. The van der Waals surface area contributed by atoms with Crippen molar-refractivity contribution in [1.29, 1.82) is 0 Å². The first kappa shape index (κ1) is 12.9. The average molecular weight is 331 g/mol. The molecule has 100 valence electrons. The van der Waals surface area contributed by atoms with Gasteiger partial charge in [-0.3, -0.25) is 4.79 Å². The van der Waals surface area contributed by atoms with Crippen LogP contribution in [0.1, 0.15) is 5.56 Å². The number of phenols is 1. The first-order chi connectivity index (χ1) is 9.56. The zero-order valence-corrected chi connectivity index (χ0v) is 12.3. The van der Waals surface area contributed by atoms with Crippen molar-refractivity contribution in [3.63, 3.8) is 0 Å². The minimum absolute atomic E-state index is 0.0817. The van der Waals surface area contributed by atoms with Crippen LogP contribution in [0.25, 0.3) is 22.3 Å². The number of hydrogen-bond acceptors (Lipinski definition) is 3. The quantitative estimate of drug-likeness (QED) is 0.726. The van der Waals surface area contributed by atoms with Gasteiger partial charge in [-0.2, -0.15) is 0 Å². The van der Waals surface area contributed by atoms with E-state index in [2.05, 4.69) is 15.9 Å². The van der Waals surface area contributed by atoms with E-state index < -0.39 is 0 Å². The van der Waals surface area contributed by atoms with Crippen molar-refractivity contribution in [2.75, 3.05) is 0 Å². The molecule has 0 aliphatic carbocycles. The molecule has 0 saturated carbocycles. The summed E-state index contributed by atoms with van der Waals surface area (Å²) < 4.78 is 6.51. The van der Waals surface area contributed by atoms with Crippen LogP contribution >= 0.6 is 15.9 Å². The summed E-state index contributed by atoms with van der Waals surface area (Å²) in [6.45, 7) is 1.92. The van der Waals surface area contributed by atoms with Gasteiger partial charge in [-0.1, -0.05) is 12.1 Å². The summed E-state index contributed by atoms with van der Waals surface area (Å²) in [5.41, 5.74) is 1.83. The molecular formula is C16H11BrO3. The lowest BCUT2D eigenvalue weighted by Gasteiger charge is -2.07. The molecule has 20 heavy (non-hydrogen) atoms. The summed E-state index contributed by atoms with van der Waals surface area (Å²) >= 11 is 3.41. The lowest BCUT2D eigenvalue weighted by atomic mass is 10.1. The Balaban J connectivity index is 2.36. The molecule has 1 N–H and O–H groups in total. The highest BCUT2D eigenvalue weighted by Gasteiger charge is 2.12. The maximum absolute atomic E-state index is 12.2. The van der Waals surface area contributed by atoms with Gasteiger partial charge >= 0.3 is 0 Å². The number of phenolic OH excluding ortho intramolecular Hbond substituents is 1. The van der Waals surface area contributed by atoms with Crippen LogP contribution in [-0.4, -0.2) is 5.11 Å². The topological polar surface area (TPSA) is 50.4 Å². The van der Waals surface area contributed by atoms with Gasteiger partial charge in [-0.25, -0.2) is 0 Å². The van der Waals surface area contributed by atoms with Crippen LogP contribution in [0.2, 0.25) is 0 Å². The van der Waals surface area contributed by atoms with Crippen molar-refractivity contribution in [2.45, 2.75) is 6.92 Å². The number of benzene rings is 2. The highest BCUT2D eigenvalue weighted by molar-refractivity contribution is 9.10. The fourth-order valence-corrected chi connectivity index (χ4v) is 2.82. The summed E-state index contributed by atoms with van der Waals surface area (Å²) in [4.78, 5) is 12.2. The summed E-state index contributed by atoms with van der Waals surface area (Å²) in [6.07, 6.45) is 0. The van der Waals surface area contributed by atoms with Crippen LogP contribution in [0, 0.1) is 6.92 Å².